The number of hydrogen-bond donors (Lipinski definition) is 0. The zero-order chi connectivity index (χ0) is 40.1. The topological polar surface area (TPSA) is 78.9 Å². The van der Waals surface area contributed by atoms with Gasteiger partial charge in [0.15, 0.2) is 6.10 Å². The molecule has 0 N–H and O–H groups in total. The summed E-state index contributed by atoms with van der Waals surface area (Å²) >= 11 is 0. The van der Waals surface area contributed by atoms with E-state index in [0.29, 0.717) is 19.3 Å². The summed E-state index contributed by atoms with van der Waals surface area (Å²) in [5, 5.41) is 0. The van der Waals surface area contributed by atoms with E-state index < -0.39 is 6.10 Å². The summed E-state index contributed by atoms with van der Waals surface area (Å²) in [5.74, 6) is -0.919. The van der Waals surface area contributed by atoms with Crippen molar-refractivity contribution < 1.29 is 28.6 Å². The fourth-order valence-electron chi connectivity index (χ4n) is 7.11. The maximum atomic E-state index is 12.7. The monoisotopic (exact) mass is 777 g/mol. The highest BCUT2D eigenvalue weighted by Crippen LogP contribution is 2.15. The van der Waals surface area contributed by atoms with Crippen LogP contribution in [0.4, 0.5) is 0 Å². The number of ether oxygens (including phenoxy) is 3. The number of hydrogen-bond acceptors (Lipinski definition) is 6. The first-order chi connectivity index (χ1) is 27.0. The Morgan fingerprint density at radius 1 is 0.345 bits per heavy atom. The van der Waals surface area contributed by atoms with E-state index in [1.165, 1.54) is 173 Å². The molecule has 1 unspecified atom stereocenters. The zero-order valence-corrected chi connectivity index (χ0v) is 37.0. The van der Waals surface area contributed by atoms with Gasteiger partial charge in [0.2, 0.25) is 0 Å². The molecule has 0 rings (SSSR count). The normalized spacial score (nSPS) is 12.0. The van der Waals surface area contributed by atoms with Crippen molar-refractivity contribution in [2.45, 2.75) is 271 Å². The lowest BCUT2D eigenvalue weighted by Crippen LogP contribution is -2.30. The Bertz CT molecular complexity index is 854. The van der Waals surface area contributed by atoms with Gasteiger partial charge < -0.3 is 14.2 Å². The molecule has 0 heterocycles. The Balaban J connectivity index is 4.34. The van der Waals surface area contributed by atoms with Gasteiger partial charge in [0.25, 0.3) is 0 Å². The van der Waals surface area contributed by atoms with Crippen LogP contribution in [0.3, 0.4) is 0 Å². The van der Waals surface area contributed by atoms with E-state index in [1.807, 2.05) is 0 Å². The molecule has 0 fully saturated rings. The number of carbonyl (C=O) groups is 3. The van der Waals surface area contributed by atoms with Crippen molar-refractivity contribution in [2.24, 2.45) is 0 Å². The molecule has 0 radical (unpaired) electrons. The van der Waals surface area contributed by atoms with Gasteiger partial charge in [0, 0.05) is 19.3 Å². The number of allylic oxidation sites excluding steroid dienone is 2. The maximum absolute atomic E-state index is 12.7. The largest absolute Gasteiger partial charge is 0.462 e. The predicted octanol–water partition coefficient (Wildman–Crippen LogP) is 15.4. The van der Waals surface area contributed by atoms with Crippen molar-refractivity contribution in [3.05, 3.63) is 12.2 Å². The van der Waals surface area contributed by atoms with Crippen LogP contribution in [0, 0.1) is 0 Å². The minimum Gasteiger partial charge on any atom is -0.462 e. The molecule has 0 bridgehead atoms. The Morgan fingerprint density at radius 3 is 1.02 bits per heavy atom. The fraction of sp³-hybridized carbons (Fsp3) is 0.898. The molecule has 55 heavy (non-hydrogen) atoms. The first-order valence-electron chi connectivity index (χ1n) is 24.2. The molecular weight excluding hydrogens is 685 g/mol. The van der Waals surface area contributed by atoms with Gasteiger partial charge in [-0.05, 0) is 32.1 Å². The number of carbonyl (C=O) groups excluding carboxylic acids is 3. The smallest absolute Gasteiger partial charge is 0.306 e. The van der Waals surface area contributed by atoms with Crippen LogP contribution in [-0.2, 0) is 28.6 Å². The molecule has 6 nitrogen and oxygen atoms in total. The summed E-state index contributed by atoms with van der Waals surface area (Å²) in [4.78, 5) is 37.7. The highest BCUT2D eigenvalue weighted by atomic mass is 16.6. The van der Waals surface area contributed by atoms with Crippen LogP contribution >= 0.6 is 0 Å². The summed E-state index contributed by atoms with van der Waals surface area (Å²) in [7, 11) is 0. The first kappa shape index (κ1) is 53.1. The van der Waals surface area contributed by atoms with Crippen LogP contribution in [0.5, 0.6) is 0 Å². The standard InChI is InChI=1S/C49H92O6/c1-4-7-10-13-16-19-21-23-24-26-27-30-33-36-39-42-48(51)54-45-46(44-53-47(50)41-38-35-32-29-18-15-12-9-6-3)55-49(52)43-40-37-34-31-28-25-22-20-17-14-11-8-5-2/h33,36,46H,4-32,34-35,37-45H2,1-3H3/b36-33-. The van der Waals surface area contributed by atoms with Gasteiger partial charge in [0.1, 0.15) is 13.2 Å². The van der Waals surface area contributed by atoms with Crippen LogP contribution in [-0.4, -0.2) is 37.2 Å². The zero-order valence-electron chi connectivity index (χ0n) is 37.0. The van der Waals surface area contributed by atoms with E-state index in [-0.39, 0.29) is 37.5 Å². The van der Waals surface area contributed by atoms with Gasteiger partial charge in [0.05, 0.1) is 0 Å². The van der Waals surface area contributed by atoms with Gasteiger partial charge in [-0.1, -0.05) is 226 Å². The van der Waals surface area contributed by atoms with E-state index in [2.05, 4.69) is 32.9 Å². The van der Waals surface area contributed by atoms with E-state index in [0.717, 1.165) is 44.9 Å². The van der Waals surface area contributed by atoms with Crippen LogP contribution in [0.15, 0.2) is 12.2 Å². The van der Waals surface area contributed by atoms with Crippen molar-refractivity contribution in [1.82, 2.24) is 0 Å². The lowest BCUT2D eigenvalue weighted by atomic mass is 10.0. The summed E-state index contributed by atoms with van der Waals surface area (Å²) in [6.07, 6.45) is 47.8. The molecule has 0 saturated heterocycles. The Morgan fingerprint density at radius 2 is 0.636 bits per heavy atom. The molecule has 0 amide bonds. The third-order valence-electron chi connectivity index (χ3n) is 10.8. The minimum atomic E-state index is -0.776. The molecule has 0 aromatic carbocycles. The van der Waals surface area contributed by atoms with Crippen LogP contribution in [0.1, 0.15) is 265 Å². The van der Waals surface area contributed by atoms with E-state index in [9.17, 15) is 14.4 Å². The third kappa shape index (κ3) is 43.1. The molecule has 0 aliphatic rings. The van der Waals surface area contributed by atoms with Gasteiger partial charge in [-0.2, -0.15) is 0 Å². The second-order valence-electron chi connectivity index (χ2n) is 16.4. The predicted molar refractivity (Wildman–Crippen MR) is 233 cm³/mol. The second kappa shape index (κ2) is 44.9. The lowest BCUT2D eigenvalue weighted by Gasteiger charge is -2.18. The first-order valence-corrected chi connectivity index (χ1v) is 24.2. The molecule has 0 spiro atoms. The molecule has 0 aromatic heterocycles. The second-order valence-corrected chi connectivity index (χ2v) is 16.4. The number of esters is 3. The highest BCUT2D eigenvalue weighted by molar-refractivity contribution is 5.71. The third-order valence-corrected chi connectivity index (χ3v) is 10.8. The summed E-state index contributed by atoms with van der Waals surface area (Å²) in [6, 6.07) is 0. The SMILES string of the molecule is CCCCCCCCCCCCC/C=C\CCC(=O)OCC(COC(=O)CCCCCCCCCCC)OC(=O)CCCCCCCCCCCCCCC. The summed E-state index contributed by atoms with van der Waals surface area (Å²) in [6.45, 7) is 6.60. The van der Waals surface area contributed by atoms with Crippen molar-refractivity contribution in [3.8, 4) is 0 Å². The summed E-state index contributed by atoms with van der Waals surface area (Å²) < 4.78 is 16.7. The highest BCUT2D eigenvalue weighted by Gasteiger charge is 2.19. The molecule has 0 aliphatic heterocycles. The molecule has 6 heteroatoms. The van der Waals surface area contributed by atoms with Gasteiger partial charge in [-0.15, -0.1) is 0 Å². The minimum absolute atomic E-state index is 0.0766. The summed E-state index contributed by atoms with van der Waals surface area (Å²) in [5.41, 5.74) is 0. The lowest BCUT2D eigenvalue weighted by molar-refractivity contribution is -0.166. The quantitative estimate of drug-likeness (QED) is 0.0265. The maximum Gasteiger partial charge on any atom is 0.306 e. The van der Waals surface area contributed by atoms with Crippen LogP contribution in [0.25, 0.3) is 0 Å². The van der Waals surface area contributed by atoms with Crippen LogP contribution in [0.2, 0.25) is 0 Å². The van der Waals surface area contributed by atoms with Crippen molar-refractivity contribution in [1.29, 1.82) is 0 Å². The molecule has 1 atom stereocenters. The number of unbranched alkanes of at least 4 members (excludes halogenated alkanes) is 31. The molecule has 0 aliphatic carbocycles. The van der Waals surface area contributed by atoms with Crippen LogP contribution < -0.4 is 0 Å². The van der Waals surface area contributed by atoms with Gasteiger partial charge in [-0.25, -0.2) is 0 Å². The van der Waals surface area contributed by atoms with Crippen molar-refractivity contribution in [2.75, 3.05) is 13.2 Å². The Kier molecular flexibility index (Phi) is 43.4. The van der Waals surface area contributed by atoms with E-state index in [4.69, 9.17) is 14.2 Å². The average Bonchev–Trinajstić information content (AvgIpc) is 3.18. The van der Waals surface area contributed by atoms with Crippen molar-refractivity contribution >= 4 is 17.9 Å². The number of rotatable bonds is 44. The Labute approximate surface area is 341 Å². The van der Waals surface area contributed by atoms with Gasteiger partial charge in [-0.3, -0.25) is 14.4 Å². The molecule has 324 valence electrons. The molecule has 0 saturated carbocycles. The van der Waals surface area contributed by atoms with Crippen molar-refractivity contribution in [3.63, 3.8) is 0 Å². The molecular formula is C49H92O6. The average molecular weight is 777 g/mol. The van der Waals surface area contributed by atoms with E-state index in [1.54, 1.807) is 0 Å². The van der Waals surface area contributed by atoms with Gasteiger partial charge >= 0.3 is 17.9 Å². The van der Waals surface area contributed by atoms with E-state index >= 15 is 0 Å². The molecule has 0 aromatic rings. The fourth-order valence-corrected chi connectivity index (χ4v) is 7.11. The Hall–Kier alpha value is -1.85.